The number of aliphatic hydroxyl groups is 1. The van der Waals surface area contributed by atoms with Crippen LogP contribution in [0, 0.1) is 0 Å². The standard InChI is InChI=1S/C19H28N6O13P2/c1-18(2)5-8(19(3,4)25(18)29)16(28)37-12-11(26)9(6-35-40(33,34)38-39(30,31)32)36-15(12)24-7-21-10-13(24)22-17(20)23-14(10)27/h5,7,9,11-12,15,26,29H,6H2,1-4H3,(H,33,34)(H2,30,31,32)(H3,20,22,23,27)/t9-,11-,12-,15-/m1/s1. The highest BCUT2D eigenvalue weighted by Gasteiger charge is 2.52. The topological polar surface area (TPSA) is 282 Å². The van der Waals surface area contributed by atoms with Gasteiger partial charge in [0, 0.05) is 0 Å². The number of fused-ring (bicyclic) bond motifs is 1. The lowest BCUT2D eigenvalue weighted by atomic mass is 9.96. The van der Waals surface area contributed by atoms with Crippen LogP contribution in [0.15, 0.2) is 22.8 Å². The van der Waals surface area contributed by atoms with Crippen LogP contribution in [0.2, 0.25) is 0 Å². The van der Waals surface area contributed by atoms with Crippen molar-refractivity contribution in [2.45, 2.75) is 63.3 Å². The normalized spacial score (nSPS) is 28.0. The molecule has 0 spiro atoms. The number of aromatic nitrogens is 4. The number of carbonyl (C=O) groups excluding carboxylic acids is 1. The predicted octanol–water partition coefficient (Wildman–Crippen LogP) is -0.713. The first-order valence-corrected chi connectivity index (χ1v) is 14.5. The maximum Gasteiger partial charge on any atom is 0.481 e. The van der Waals surface area contributed by atoms with Gasteiger partial charge >= 0.3 is 21.6 Å². The Hall–Kier alpha value is -2.54. The van der Waals surface area contributed by atoms with Crippen molar-refractivity contribution in [2.24, 2.45) is 0 Å². The molecular weight excluding hydrogens is 582 g/mol. The minimum atomic E-state index is -5.43. The molecule has 5 atom stereocenters. The van der Waals surface area contributed by atoms with Gasteiger partial charge in [-0.05, 0) is 27.7 Å². The highest BCUT2D eigenvalue weighted by Crippen LogP contribution is 2.57. The van der Waals surface area contributed by atoms with Crippen LogP contribution in [0.5, 0.6) is 0 Å². The smallest absolute Gasteiger partial charge is 0.451 e. The highest BCUT2D eigenvalue weighted by atomic mass is 31.3. The molecule has 40 heavy (non-hydrogen) atoms. The molecular formula is C19H28N6O13P2. The summed E-state index contributed by atoms with van der Waals surface area (Å²) in [6.07, 6.45) is -3.80. The van der Waals surface area contributed by atoms with Gasteiger partial charge in [0.15, 0.2) is 23.5 Å². The Morgan fingerprint density at radius 3 is 2.48 bits per heavy atom. The van der Waals surface area contributed by atoms with Crippen molar-refractivity contribution >= 4 is 38.7 Å². The molecule has 0 radical (unpaired) electrons. The Kier molecular flexibility index (Phi) is 7.66. The molecule has 2 aliphatic heterocycles. The second kappa shape index (κ2) is 10.1. The van der Waals surface area contributed by atoms with E-state index in [0.717, 1.165) is 16.0 Å². The third kappa shape index (κ3) is 5.77. The van der Waals surface area contributed by atoms with E-state index in [9.17, 15) is 33.9 Å². The van der Waals surface area contributed by atoms with Crippen LogP contribution < -0.4 is 11.3 Å². The van der Waals surface area contributed by atoms with E-state index >= 15 is 0 Å². The molecule has 1 fully saturated rings. The fourth-order valence-corrected chi connectivity index (χ4v) is 6.18. The van der Waals surface area contributed by atoms with Crippen molar-refractivity contribution in [1.82, 2.24) is 24.6 Å². The summed E-state index contributed by atoms with van der Waals surface area (Å²) in [7, 11) is -10.8. The summed E-state index contributed by atoms with van der Waals surface area (Å²) in [6.45, 7) is 5.46. The van der Waals surface area contributed by atoms with E-state index in [0.29, 0.717) is 0 Å². The Morgan fingerprint density at radius 1 is 1.25 bits per heavy atom. The molecule has 0 bridgehead atoms. The maximum absolute atomic E-state index is 13.3. The number of nitrogen functional groups attached to an aromatic ring is 1. The quantitative estimate of drug-likeness (QED) is 0.143. The molecule has 0 saturated carbocycles. The van der Waals surface area contributed by atoms with Gasteiger partial charge in [-0.2, -0.15) is 14.4 Å². The van der Waals surface area contributed by atoms with Crippen LogP contribution in [0.1, 0.15) is 33.9 Å². The van der Waals surface area contributed by atoms with Crippen molar-refractivity contribution in [2.75, 3.05) is 12.3 Å². The van der Waals surface area contributed by atoms with Crippen LogP contribution in [0.25, 0.3) is 11.2 Å². The lowest BCUT2D eigenvalue weighted by Gasteiger charge is -2.35. The number of H-pyrrole nitrogens is 1. The number of phosphoric acid groups is 2. The molecule has 0 aromatic carbocycles. The molecule has 2 aromatic rings. The zero-order chi connectivity index (χ0) is 30.0. The highest BCUT2D eigenvalue weighted by molar-refractivity contribution is 7.60. The number of aliphatic hydroxyl groups excluding tert-OH is 1. The number of phosphoric ester groups is 1. The summed E-state index contributed by atoms with van der Waals surface area (Å²) in [5.74, 6) is -1.24. The average molecular weight is 610 g/mol. The molecule has 8 N–H and O–H groups in total. The van der Waals surface area contributed by atoms with Gasteiger partial charge in [-0.3, -0.25) is 18.9 Å². The number of carbonyl (C=O) groups is 1. The van der Waals surface area contributed by atoms with E-state index in [1.807, 2.05) is 0 Å². The summed E-state index contributed by atoms with van der Waals surface area (Å²) >= 11 is 0. The number of nitrogens with one attached hydrogen (secondary N) is 1. The van der Waals surface area contributed by atoms with Gasteiger partial charge in [0.25, 0.3) is 5.56 Å². The van der Waals surface area contributed by atoms with Crippen LogP contribution in [0.3, 0.4) is 0 Å². The number of nitrogens with two attached hydrogens (primary N) is 1. The number of ether oxygens (including phenoxy) is 2. The first-order valence-electron chi connectivity index (χ1n) is 11.5. The molecule has 4 rings (SSSR count). The maximum atomic E-state index is 13.3. The number of imidazole rings is 1. The van der Waals surface area contributed by atoms with E-state index in [-0.39, 0.29) is 22.7 Å². The van der Waals surface area contributed by atoms with Crippen molar-refractivity contribution in [3.05, 3.63) is 28.3 Å². The van der Waals surface area contributed by atoms with Gasteiger partial charge < -0.3 is 40.2 Å². The van der Waals surface area contributed by atoms with Gasteiger partial charge in [-0.25, -0.2) is 18.9 Å². The van der Waals surface area contributed by atoms with Gasteiger partial charge in [0.1, 0.15) is 12.2 Å². The third-order valence-corrected chi connectivity index (χ3v) is 8.50. The number of nitrogens with zero attached hydrogens (tertiary/aromatic N) is 4. The SMILES string of the molecule is CC1(C)C=C(C(=O)O[C@@H]2[C@H](O)[C@@H](COP(=O)(O)OP(=O)(O)O)O[C@H]2n2cnc3c(=O)[nH]c(N)nc32)C(C)(C)N1O. The van der Waals surface area contributed by atoms with Gasteiger partial charge in [0.2, 0.25) is 5.95 Å². The van der Waals surface area contributed by atoms with Crippen molar-refractivity contribution in [1.29, 1.82) is 0 Å². The number of esters is 1. The Bertz CT molecular complexity index is 1510. The number of anilines is 1. The molecule has 4 heterocycles. The van der Waals surface area contributed by atoms with Crippen molar-refractivity contribution in [3.63, 3.8) is 0 Å². The van der Waals surface area contributed by atoms with Crippen molar-refractivity contribution in [3.8, 4) is 0 Å². The fourth-order valence-electron chi connectivity index (χ4n) is 4.58. The Labute approximate surface area is 225 Å². The van der Waals surface area contributed by atoms with Crippen LogP contribution in [-0.4, -0.2) is 91.5 Å². The molecule has 0 aliphatic carbocycles. The zero-order valence-electron chi connectivity index (χ0n) is 21.4. The number of hydrogen-bond acceptors (Lipinski definition) is 14. The average Bonchev–Trinajstić information content (AvgIpc) is 3.39. The molecule has 19 nitrogen and oxygen atoms in total. The fraction of sp³-hybridized carbons (Fsp3) is 0.579. The van der Waals surface area contributed by atoms with Crippen LogP contribution in [0.4, 0.5) is 5.95 Å². The van der Waals surface area contributed by atoms with E-state index in [2.05, 4.69) is 23.8 Å². The predicted molar refractivity (Wildman–Crippen MR) is 131 cm³/mol. The van der Waals surface area contributed by atoms with Crippen molar-refractivity contribution < 1.29 is 57.2 Å². The molecule has 2 aliphatic rings. The largest absolute Gasteiger partial charge is 0.481 e. The summed E-state index contributed by atoms with van der Waals surface area (Å²) < 4.78 is 43.7. The summed E-state index contributed by atoms with van der Waals surface area (Å²) in [6, 6.07) is 0. The van der Waals surface area contributed by atoms with Crippen LogP contribution >= 0.6 is 15.6 Å². The molecule has 1 saturated heterocycles. The summed E-state index contributed by atoms with van der Waals surface area (Å²) in [4.78, 5) is 63.0. The van der Waals surface area contributed by atoms with Gasteiger partial charge in [-0.15, -0.1) is 0 Å². The molecule has 21 heteroatoms. The monoisotopic (exact) mass is 610 g/mol. The second-order valence-electron chi connectivity index (χ2n) is 10.1. The van der Waals surface area contributed by atoms with Gasteiger partial charge in [-0.1, -0.05) is 6.08 Å². The lowest BCUT2D eigenvalue weighted by molar-refractivity contribution is -0.189. The zero-order valence-corrected chi connectivity index (χ0v) is 23.2. The van der Waals surface area contributed by atoms with E-state index in [4.69, 9.17) is 25.0 Å². The first kappa shape index (κ1) is 30.4. The molecule has 1 unspecified atom stereocenters. The first-order chi connectivity index (χ1) is 18.2. The molecule has 2 aromatic heterocycles. The number of aromatic amines is 1. The summed E-state index contributed by atoms with van der Waals surface area (Å²) in [5.41, 5.74) is 2.51. The minimum absolute atomic E-state index is 0.0369. The number of hydrogen-bond donors (Lipinski definition) is 7. The molecule has 0 amide bonds. The lowest BCUT2D eigenvalue weighted by Crippen LogP contribution is -2.49. The second-order valence-corrected chi connectivity index (χ2v) is 12.9. The van der Waals surface area contributed by atoms with Crippen LogP contribution in [-0.2, 0) is 32.2 Å². The Morgan fingerprint density at radius 2 is 1.90 bits per heavy atom. The minimum Gasteiger partial charge on any atom is -0.451 e. The van der Waals surface area contributed by atoms with E-state index < -0.39 is 69.4 Å². The number of hydroxylamine groups is 2. The summed E-state index contributed by atoms with van der Waals surface area (Å²) in [5, 5.41) is 22.5. The third-order valence-electron chi connectivity index (χ3n) is 6.34. The van der Waals surface area contributed by atoms with E-state index in [1.54, 1.807) is 27.7 Å². The molecule has 222 valence electrons. The number of rotatable bonds is 8. The Balaban J connectivity index is 1.68. The van der Waals surface area contributed by atoms with E-state index in [1.165, 1.54) is 6.08 Å². The van der Waals surface area contributed by atoms with Gasteiger partial charge in [0.05, 0.1) is 29.6 Å².